The molecule has 0 saturated carbocycles. The van der Waals surface area contributed by atoms with E-state index in [1.807, 2.05) is 35.2 Å². The molecule has 1 aromatic carbocycles. The van der Waals surface area contributed by atoms with E-state index >= 15 is 0 Å². The second-order valence-electron chi connectivity index (χ2n) is 5.68. The lowest BCUT2D eigenvalue weighted by molar-refractivity contribution is -0.122. The third kappa shape index (κ3) is 5.49. The molecule has 0 spiro atoms. The van der Waals surface area contributed by atoms with Crippen LogP contribution in [0, 0.1) is 5.92 Å². The van der Waals surface area contributed by atoms with Crippen LogP contribution in [0.25, 0.3) is 0 Å². The summed E-state index contributed by atoms with van der Waals surface area (Å²) in [6.07, 6.45) is 1.15. The molecule has 128 valence electrons. The van der Waals surface area contributed by atoms with E-state index in [1.165, 1.54) is 4.31 Å². The fraction of sp³-hybridized carbons (Fsp3) is 0.533. The topological polar surface area (TPSA) is 92.9 Å². The zero-order valence-electron chi connectivity index (χ0n) is 13.2. The third-order valence-corrected chi connectivity index (χ3v) is 5.13. The molecule has 0 bridgehead atoms. The molecule has 7 nitrogen and oxygen atoms in total. The van der Waals surface area contributed by atoms with Crippen LogP contribution >= 0.6 is 0 Å². The maximum Gasteiger partial charge on any atom is 0.223 e. The number of nitrogens with two attached hydrogens (primary N) is 1. The Morgan fingerprint density at radius 1 is 1.26 bits per heavy atom. The fourth-order valence-corrected chi connectivity index (χ4v) is 3.41. The van der Waals surface area contributed by atoms with Crippen LogP contribution in [-0.2, 0) is 14.8 Å². The largest absolute Gasteiger partial charge is 0.492 e. The number of carbonyl (C=O) groups excluding carboxylic acids is 1. The minimum atomic E-state index is -3.33. The number of para-hydroxylation sites is 1. The van der Waals surface area contributed by atoms with Crippen molar-refractivity contribution in [3.8, 4) is 5.75 Å². The molecule has 1 heterocycles. The number of primary amides is 1. The summed E-state index contributed by atoms with van der Waals surface area (Å²) in [5.74, 6) is -0.204. The van der Waals surface area contributed by atoms with E-state index in [2.05, 4.69) is 0 Å². The molecule has 2 rings (SSSR count). The maximum atomic E-state index is 11.7. The number of sulfonamides is 1. The summed E-state index contributed by atoms with van der Waals surface area (Å²) in [5, 5.41) is 0. The summed E-state index contributed by atoms with van der Waals surface area (Å²) in [4.78, 5) is 13.6. The number of benzene rings is 1. The van der Waals surface area contributed by atoms with Gasteiger partial charge in [-0.25, -0.2) is 12.7 Å². The monoisotopic (exact) mass is 341 g/mol. The van der Waals surface area contributed by atoms with Crippen molar-refractivity contribution in [3.63, 3.8) is 0 Å². The molecule has 1 aliphatic rings. The molecule has 0 aliphatic carbocycles. The zero-order valence-corrected chi connectivity index (χ0v) is 14.0. The minimum absolute atomic E-state index is 0.143. The Bertz CT molecular complexity index is 621. The number of ether oxygens (including phenoxy) is 1. The van der Waals surface area contributed by atoms with Gasteiger partial charge in [0.1, 0.15) is 12.4 Å². The first kappa shape index (κ1) is 17.7. The van der Waals surface area contributed by atoms with Gasteiger partial charge in [-0.3, -0.25) is 9.69 Å². The molecule has 1 aliphatic heterocycles. The van der Waals surface area contributed by atoms with Crippen molar-refractivity contribution >= 4 is 15.9 Å². The Balaban J connectivity index is 1.92. The highest BCUT2D eigenvalue weighted by molar-refractivity contribution is 7.88. The van der Waals surface area contributed by atoms with Crippen LogP contribution in [0.3, 0.4) is 0 Å². The van der Waals surface area contributed by atoms with E-state index in [9.17, 15) is 13.2 Å². The van der Waals surface area contributed by atoms with Crippen molar-refractivity contribution in [3.05, 3.63) is 30.3 Å². The van der Waals surface area contributed by atoms with Gasteiger partial charge in [0, 0.05) is 32.7 Å². The molecule has 23 heavy (non-hydrogen) atoms. The van der Waals surface area contributed by atoms with Gasteiger partial charge in [0.05, 0.1) is 12.2 Å². The van der Waals surface area contributed by atoms with Gasteiger partial charge in [0.15, 0.2) is 0 Å². The van der Waals surface area contributed by atoms with Crippen LogP contribution in [0.2, 0.25) is 0 Å². The highest BCUT2D eigenvalue weighted by Crippen LogP contribution is 2.13. The number of carbonyl (C=O) groups is 1. The standard InChI is InChI=1S/C15H23N3O4S/c1-23(20,21)18-8-7-17(11-13(12-18)15(16)19)9-10-22-14-5-3-2-4-6-14/h2-6,13H,7-12H2,1H3,(H2,16,19)/t13-/m0/s1. The molecule has 0 aromatic heterocycles. The Hall–Kier alpha value is -1.64. The molecule has 0 unspecified atom stereocenters. The van der Waals surface area contributed by atoms with Crippen LogP contribution in [0.4, 0.5) is 0 Å². The third-order valence-electron chi connectivity index (χ3n) is 3.86. The fourth-order valence-electron chi connectivity index (χ4n) is 2.54. The Labute approximate surface area is 137 Å². The summed E-state index contributed by atoms with van der Waals surface area (Å²) in [7, 11) is -3.33. The summed E-state index contributed by atoms with van der Waals surface area (Å²) in [5.41, 5.74) is 5.41. The first-order chi connectivity index (χ1) is 10.9. The number of hydrogen-bond acceptors (Lipinski definition) is 5. The molecule has 1 saturated heterocycles. The molecular formula is C15H23N3O4S. The molecule has 2 N–H and O–H groups in total. The normalized spacial score (nSPS) is 20.8. The van der Waals surface area contributed by atoms with Gasteiger partial charge < -0.3 is 10.5 Å². The van der Waals surface area contributed by atoms with Gasteiger partial charge in [0.25, 0.3) is 0 Å². The Kier molecular flexibility index (Phi) is 5.97. The highest BCUT2D eigenvalue weighted by atomic mass is 32.2. The number of nitrogens with zero attached hydrogens (tertiary/aromatic N) is 2. The number of hydrogen-bond donors (Lipinski definition) is 1. The van der Waals surface area contributed by atoms with E-state index in [0.717, 1.165) is 12.0 Å². The van der Waals surface area contributed by atoms with Crippen LogP contribution in [0.15, 0.2) is 30.3 Å². The molecule has 1 fully saturated rings. The van der Waals surface area contributed by atoms with Crippen LogP contribution in [0.1, 0.15) is 0 Å². The summed E-state index contributed by atoms with van der Waals surface area (Å²) >= 11 is 0. The minimum Gasteiger partial charge on any atom is -0.492 e. The van der Waals surface area contributed by atoms with Crippen molar-refractivity contribution in [1.29, 1.82) is 0 Å². The molecule has 1 atom stereocenters. The predicted molar refractivity (Wildman–Crippen MR) is 87.5 cm³/mol. The predicted octanol–water partition coefficient (Wildman–Crippen LogP) is -0.256. The summed E-state index contributed by atoms with van der Waals surface area (Å²) in [6, 6.07) is 9.46. The molecular weight excluding hydrogens is 318 g/mol. The second-order valence-corrected chi connectivity index (χ2v) is 7.66. The number of rotatable bonds is 6. The van der Waals surface area contributed by atoms with Gasteiger partial charge in [-0.2, -0.15) is 0 Å². The molecule has 1 aromatic rings. The van der Waals surface area contributed by atoms with Gasteiger partial charge in [-0.05, 0) is 12.1 Å². The van der Waals surface area contributed by atoms with E-state index in [1.54, 1.807) is 0 Å². The van der Waals surface area contributed by atoms with Gasteiger partial charge in [-0.1, -0.05) is 18.2 Å². The lowest BCUT2D eigenvalue weighted by Gasteiger charge is -2.22. The smallest absolute Gasteiger partial charge is 0.223 e. The van der Waals surface area contributed by atoms with Gasteiger partial charge in [-0.15, -0.1) is 0 Å². The molecule has 8 heteroatoms. The molecule has 1 amide bonds. The zero-order chi connectivity index (χ0) is 16.9. The van der Waals surface area contributed by atoms with Crippen molar-refractivity contribution < 1.29 is 17.9 Å². The van der Waals surface area contributed by atoms with Crippen molar-refractivity contribution in [1.82, 2.24) is 9.21 Å². The molecule has 0 radical (unpaired) electrons. The van der Waals surface area contributed by atoms with Crippen LogP contribution in [-0.4, -0.2) is 69.1 Å². The average molecular weight is 341 g/mol. The Morgan fingerprint density at radius 2 is 1.96 bits per heavy atom. The first-order valence-electron chi connectivity index (χ1n) is 7.51. The van der Waals surface area contributed by atoms with E-state index in [4.69, 9.17) is 10.5 Å². The van der Waals surface area contributed by atoms with Crippen LogP contribution in [0.5, 0.6) is 5.75 Å². The highest BCUT2D eigenvalue weighted by Gasteiger charge is 2.30. The van der Waals surface area contributed by atoms with Crippen molar-refractivity contribution in [2.75, 3.05) is 45.6 Å². The SMILES string of the molecule is CS(=O)(=O)N1CCN(CCOc2ccccc2)C[C@H](C(N)=O)C1. The second kappa shape index (κ2) is 7.76. The average Bonchev–Trinajstić information content (AvgIpc) is 2.71. The Morgan fingerprint density at radius 3 is 2.57 bits per heavy atom. The van der Waals surface area contributed by atoms with E-state index in [0.29, 0.717) is 32.8 Å². The van der Waals surface area contributed by atoms with Gasteiger partial charge in [0.2, 0.25) is 15.9 Å². The summed E-state index contributed by atoms with van der Waals surface area (Å²) in [6.45, 7) is 2.57. The quantitative estimate of drug-likeness (QED) is 0.770. The maximum absolute atomic E-state index is 11.7. The van der Waals surface area contributed by atoms with Crippen molar-refractivity contribution in [2.45, 2.75) is 0 Å². The van der Waals surface area contributed by atoms with Gasteiger partial charge >= 0.3 is 0 Å². The summed E-state index contributed by atoms with van der Waals surface area (Å²) < 4.78 is 30.5. The lowest BCUT2D eigenvalue weighted by atomic mass is 10.1. The lowest BCUT2D eigenvalue weighted by Crippen LogP contribution is -2.40. The number of amides is 1. The van der Waals surface area contributed by atoms with Crippen LogP contribution < -0.4 is 10.5 Å². The first-order valence-corrected chi connectivity index (χ1v) is 9.36. The van der Waals surface area contributed by atoms with E-state index < -0.39 is 21.8 Å². The van der Waals surface area contributed by atoms with Crippen molar-refractivity contribution in [2.24, 2.45) is 11.7 Å². The van der Waals surface area contributed by atoms with E-state index in [-0.39, 0.29) is 6.54 Å².